The molecule has 0 spiro atoms. The summed E-state index contributed by atoms with van der Waals surface area (Å²) in [6.45, 7) is 1.97. The van der Waals surface area contributed by atoms with Crippen molar-refractivity contribution in [2.24, 2.45) is 7.05 Å². The molecule has 0 fully saturated rings. The first-order chi connectivity index (χ1) is 10.0. The highest BCUT2D eigenvalue weighted by Crippen LogP contribution is 2.30. The van der Waals surface area contributed by atoms with Gasteiger partial charge in [-0.3, -0.25) is 4.57 Å². The van der Waals surface area contributed by atoms with Crippen molar-refractivity contribution in [3.05, 3.63) is 38.7 Å². The van der Waals surface area contributed by atoms with Gasteiger partial charge in [0.05, 0.1) is 11.4 Å². The molecule has 7 heteroatoms. The summed E-state index contributed by atoms with van der Waals surface area (Å²) >= 11 is 13.1. The molecule has 0 aliphatic carbocycles. The summed E-state index contributed by atoms with van der Waals surface area (Å²) < 4.78 is 6.00. The minimum Gasteiger partial charge on any atom is -0.280 e. The lowest BCUT2D eigenvalue weighted by Crippen LogP contribution is -2.06. The van der Waals surface area contributed by atoms with Gasteiger partial charge in [-0.15, -0.1) is 11.6 Å². The molecule has 0 unspecified atom stereocenters. The summed E-state index contributed by atoms with van der Waals surface area (Å²) in [5.41, 5.74) is 3.86. The molecule has 2 aromatic heterocycles. The Morgan fingerprint density at radius 3 is 2.71 bits per heavy atom. The van der Waals surface area contributed by atoms with Crippen LogP contribution in [0.1, 0.15) is 11.5 Å². The third-order valence-electron chi connectivity index (χ3n) is 3.34. The summed E-state index contributed by atoms with van der Waals surface area (Å²) in [6.07, 6.45) is 0.707. The van der Waals surface area contributed by atoms with Gasteiger partial charge in [0, 0.05) is 28.3 Å². The Labute approximate surface area is 144 Å². The molecule has 0 bridgehead atoms. The molecule has 3 aromatic rings. The summed E-state index contributed by atoms with van der Waals surface area (Å²) in [6, 6.07) is 6.09. The highest BCUT2D eigenvalue weighted by molar-refractivity contribution is 9.11. The van der Waals surface area contributed by atoms with E-state index in [9.17, 15) is 0 Å². The Kier molecular flexibility index (Phi) is 4.12. The number of hydrogen-bond donors (Lipinski definition) is 0. The topological polar surface area (TPSA) is 35.6 Å². The van der Waals surface area contributed by atoms with Crippen LogP contribution in [-0.2, 0) is 13.5 Å². The number of alkyl halides is 1. The highest BCUT2D eigenvalue weighted by atomic mass is 79.9. The third kappa shape index (κ3) is 2.53. The average Bonchev–Trinajstić information content (AvgIpc) is 2.90. The van der Waals surface area contributed by atoms with E-state index in [1.807, 2.05) is 30.8 Å². The van der Waals surface area contributed by atoms with Crippen molar-refractivity contribution in [2.75, 3.05) is 5.88 Å². The molecule has 0 N–H and O–H groups in total. The second kappa shape index (κ2) is 5.74. The van der Waals surface area contributed by atoms with Crippen LogP contribution in [0.25, 0.3) is 16.9 Å². The fraction of sp³-hybridized carbons (Fsp3) is 0.286. The maximum Gasteiger partial charge on any atom is 0.163 e. The van der Waals surface area contributed by atoms with Crippen LogP contribution in [0, 0.1) is 6.92 Å². The van der Waals surface area contributed by atoms with Crippen LogP contribution in [0.4, 0.5) is 0 Å². The minimum absolute atomic E-state index is 0.532. The van der Waals surface area contributed by atoms with Gasteiger partial charge < -0.3 is 0 Å². The number of rotatable bonds is 3. The van der Waals surface area contributed by atoms with E-state index >= 15 is 0 Å². The van der Waals surface area contributed by atoms with Crippen LogP contribution in [0.2, 0.25) is 0 Å². The molecule has 0 radical (unpaired) electrons. The number of imidazole rings is 1. The summed E-state index contributed by atoms with van der Waals surface area (Å²) in [4.78, 5) is 4.73. The lowest BCUT2D eigenvalue weighted by molar-refractivity contribution is 0.750. The zero-order chi connectivity index (χ0) is 15.1. The molecule has 2 heterocycles. The minimum atomic E-state index is 0.532. The van der Waals surface area contributed by atoms with Gasteiger partial charge in [0.25, 0.3) is 0 Å². The van der Waals surface area contributed by atoms with E-state index in [1.54, 1.807) is 0 Å². The Morgan fingerprint density at radius 2 is 2.05 bits per heavy atom. The van der Waals surface area contributed by atoms with Crippen LogP contribution in [0.3, 0.4) is 0 Å². The Morgan fingerprint density at radius 1 is 1.29 bits per heavy atom. The quantitative estimate of drug-likeness (QED) is 0.576. The molecule has 0 amide bonds. The van der Waals surface area contributed by atoms with Crippen LogP contribution >= 0.6 is 43.5 Å². The summed E-state index contributed by atoms with van der Waals surface area (Å²) in [5.74, 6) is 1.48. The molecule has 0 atom stereocenters. The number of nitrogens with zero attached hydrogens (tertiary/aromatic N) is 4. The molecule has 110 valence electrons. The van der Waals surface area contributed by atoms with Crippen molar-refractivity contribution < 1.29 is 0 Å². The SMILES string of the molecule is Cc1nn(C)c2c1nc(CCCl)n2-c1ccc(Br)cc1Br. The third-order valence-corrected chi connectivity index (χ3v) is 4.66. The fourth-order valence-corrected chi connectivity index (χ4v) is 3.88. The smallest absolute Gasteiger partial charge is 0.163 e. The van der Waals surface area contributed by atoms with Gasteiger partial charge in [0.1, 0.15) is 11.3 Å². The van der Waals surface area contributed by atoms with Crippen LogP contribution in [-0.4, -0.2) is 25.2 Å². The molecule has 3 rings (SSSR count). The van der Waals surface area contributed by atoms with E-state index in [2.05, 4.69) is 47.6 Å². The van der Waals surface area contributed by atoms with Crippen LogP contribution in [0.5, 0.6) is 0 Å². The van der Waals surface area contributed by atoms with Crippen molar-refractivity contribution in [3.8, 4) is 5.69 Å². The van der Waals surface area contributed by atoms with Crippen LogP contribution in [0.15, 0.2) is 27.1 Å². The Balaban J connectivity index is 2.35. The predicted molar refractivity (Wildman–Crippen MR) is 92.4 cm³/mol. The average molecular weight is 433 g/mol. The standard InChI is InChI=1S/C14H13Br2ClN4/c1-8-13-14(20(2)19-8)21(12(18-13)5-6-17)11-4-3-9(15)7-10(11)16/h3-4,7H,5-6H2,1-2H3. The fourth-order valence-electron chi connectivity index (χ4n) is 2.49. The van der Waals surface area contributed by atoms with E-state index in [0.717, 1.165) is 37.3 Å². The first kappa shape index (κ1) is 15.1. The number of hydrogen-bond acceptors (Lipinski definition) is 2. The highest BCUT2D eigenvalue weighted by Gasteiger charge is 2.19. The van der Waals surface area contributed by atoms with Crippen molar-refractivity contribution in [1.29, 1.82) is 0 Å². The lowest BCUT2D eigenvalue weighted by atomic mass is 10.3. The lowest BCUT2D eigenvalue weighted by Gasteiger charge is -2.11. The van der Waals surface area contributed by atoms with Crippen LogP contribution < -0.4 is 0 Å². The van der Waals surface area contributed by atoms with E-state index in [4.69, 9.17) is 16.6 Å². The van der Waals surface area contributed by atoms with Crippen molar-refractivity contribution in [3.63, 3.8) is 0 Å². The van der Waals surface area contributed by atoms with Crippen molar-refractivity contribution in [2.45, 2.75) is 13.3 Å². The zero-order valence-corrected chi connectivity index (χ0v) is 15.5. The van der Waals surface area contributed by atoms with Gasteiger partial charge in [-0.25, -0.2) is 9.67 Å². The van der Waals surface area contributed by atoms with Gasteiger partial charge >= 0.3 is 0 Å². The van der Waals surface area contributed by atoms with Gasteiger partial charge in [-0.1, -0.05) is 15.9 Å². The monoisotopic (exact) mass is 430 g/mol. The normalized spacial score (nSPS) is 11.5. The molecule has 0 saturated carbocycles. The van der Waals surface area contributed by atoms with Gasteiger partial charge in [-0.2, -0.15) is 5.10 Å². The molecule has 0 saturated heterocycles. The Bertz CT molecular complexity index is 822. The Hall–Kier alpha value is -0.850. The van der Waals surface area contributed by atoms with E-state index in [0.29, 0.717) is 12.3 Å². The molecule has 4 nitrogen and oxygen atoms in total. The van der Waals surface area contributed by atoms with Gasteiger partial charge in [0.2, 0.25) is 0 Å². The summed E-state index contributed by atoms with van der Waals surface area (Å²) in [5, 5.41) is 4.46. The largest absolute Gasteiger partial charge is 0.280 e. The van der Waals surface area contributed by atoms with E-state index in [1.165, 1.54) is 0 Å². The number of halogens is 3. The molecular formula is C14H13Br2ClN4. The molecular weight excluding hydrogens is 419 g/mol. The number of aryl methyl sites for hydroxylation is 3. The molecule has 0 aliphatic rings. The number of fused-ring (bicyclic) bond motifs is 1. The summed E-state index contributed by atoms with van der Waals surface area (Å²) in [7, 11) is 1.94. The zero-order valence-electron chi connectivity index (χ0n) is 11.6. The van der Waals surface area contributed by atoms with Gasteiger partial charge in [-0.05, 0) is 41.1 Å². The van der Waals surface area contributed by atoms with Crippen molar-refractivity contribution in [1.82, 2.24) is 19.3 Å². The molecule has 21 heavy (non-hydrogen) atoms. The molecule has 0 aliphatic heterocycles. The number of benzene rings is 1. The predicted octanol–water partition coefficient (Wildman–Crippen LogP) is 4.37. The molecule has 1 aromatic carbocycles. The maximum atomic E-state index is 5.94. The second-order valence-corrected chi connectivity index (χ2v) is 6.93. The first-order valence-corrected chi connectivity index (χ1v) is 8.57. The van der Waals surface area contributed by atoms with Crippen molar-refractivity contribution >= 4 is 54.6 Å². The van der Waals surface area contributed by atoms with E-state index < -0.39 is 0 Å². The van der Waals surface area contributed by atoms with E-state index in [-0.39, 0.29) is 0 Å². The first-order valence-electron chi connectivity index (χ1n) is 6.45. The number of aromatic nitrogens is 4. The van der Waals surface area contributed by atoms with Gasteiger partial charge in [0.15, 0.2) is 5.65 Å². The second-order valence-electron chi connectivity index (χ2n) is 4.78. The maximum absolute atomic E-state index is 5.94.